The van der Waals surface area contributed by atoms with E-state index in [0.29, 0.717) is 39.0 Å². The Kier molecular flexibility index (Phi) is 7.86. The number of piperidine rings is 1. The van der Waals surface area contributed by atoms with Gasteiger partial charge in [0.2, 0.25) is 0 Å². The summed E-state index contributed by atoms with van der Waals surface area (Å²) >= 11 is 0. The molecule has 186 valence electrons. The number of rotatable bonds is 7. The SMILES string of the molecule is CCOC(=O)C1CCN(CC(=O)N2N=C(c3ccc(OC)cc3)C[C@@H]2c2cc(C)ccc2C)CC1. The second-order valence-corrected chi connectivity index (χ2v) is 9.40. The highest BCUT2D eigenvalue weighted by Crippen LogP contribution is 2.35. The van der Waals surface area contributed by atoms with E-state index in [9.17, 15) is 9.59 Å². The topological polar surface area (TPSA) is 71.4 Å². The van der Waals surface area contributed by atoms with Crippen LogP contribution in [0.1, 0.15) is 54.5 Å². The van der Waals surface area contributed by atoms with Crippen LogP contribution < -0.4 is 4.74 Å². The quantitative estimate of drug-likeness (QED) is 0.557. The number of benzene rings is 2. The van der Waals surface area contributed by atoms with Gasteiger partial charge in [-0.25, -0.2) is 5.01 Å². The number of hydrogen-bond donors (Lipinski definition) is 0. The van der Waals surface area contributed by atoms with Crippen molar-refractivity contribution < 1.29 is 19.1 Å². The van der Waals surface area contributed by atoms with E-state index >= 15 is 0 Å². The first-order chi connectivity index (χ1) is 16.9. The molecule has 0 bridgehead atoms. The Labute approximate surface area is 207 Å². The molecule has 2 aromatic carbocycles. The number of hydrazone groups is 1. The standard InChI is InChI=1S/C28H35N3O4/c1-5-35-28(33)22-12-14-30(15-13-22)18-27(32)31-26(24-16-19(2)6-7-20(24)3)17-25(29-31)21-8-10-23(34-4)11-9-21/h6-11,16,22,26H,5,12-15,17-18H2,1-4H3/t26-/m1/s1. The van der Waals surface area contributed by atoms with Gasteiger partial charge >= 0.3 is 5.97 Å². The van der Waals surface area contributed by atoms with Crippen LogP contribution in [0, 0.1) is 19.8 Å². The Morgan fingerprint density at radius 3 is 2.43 bits per heavy atom. The van der Waals surface area contributed by atoms with Crippen LogP contribution in [0.3, 0.4) is 0 Å². The van der Waals surface area contributed by atoms with Gasteiger partial charge in [0.05, 0.1) is 37.9 Å². The molecule has 35 heavy (non-hydrogen) atoms. The van der Waals surface area contributed by atoms with Gasteiger partial charge in [-0.3, -0.25) is 14.5 Å². The van der Waals surface area contributed by atoms with Gasteiger partial charge in [-0.15, -0.1) is 0 Å². The maximum absolute atomic E-state index is 13.6. The Morgan fingerprint density at radius 1 is 1.06 bits per heavy atom. The zero-order valence-electron chi connectivity index (χ0n) is 21.1. The fraction of sp³-hybridized carbons (Fsp3) is 0.464. The summed E-state index contributed by atoms with van der Waals surface area (Å²) in [5, 5.41) is 6.51. The molecule has 7 nitrogen and oxygen atoms in total. The fourth-order valence-corrected chi connectivity index (χ4v) is 4.91. The normalized spacial score (nSPS) is 18.9. The number of carbonyl (C=O) groups is 2. The molecule has 2 aliphatic heterocycles. The molecule has 1 atom stereocenters. The Hall–Kier alpha value is -3.19. The van der Waals surface area contributed by atoms with Gasteiger partial charge in [-0.2, -0.15) is 5.10 Å². The maximum atomic E-state index is 13.6. The van der Waals surface area contributed by atoms with E-state index in [1.54, 1.807) is 12.1 Å². The monoisotopic (exact) mass is 477 g/mol. The number of nitrogens with zero attached hydrogens (tertiary/aromatic N) is 3. The van der Waals surface area contributed by atoms with Crippen molar-refractivity contribution >= 4 is 17.6 Å². The Balaban J connectivity index is 1.52. The van der Waals surface area contributed by atoms with Crippen LogP contribution in [0.25, 0.3) is 0 Å². The summed E-state index contributed by atoms with van der Waals surface area (Å²) in [6, 6.07) is 14.1. The molecule has 1 fully saturated rings. The molecule has 0 saturated carbocycles. The highest BCUT2D eigenvalue weighted by atomic mass is 16.5. The minimum atomic E-state index is -0.142. The van der Waals surface area contributed by atoms with Crippen LogP contribution in [0.4, 0.5) is 0 Å². The van der Waals surface area contributed by atoms with E-state index in [0.717, 1.165) is 33.7 Å². The highest BCUT2D eigenvalue weighted by molar-refractivity contribution is 6.03. The van der Waals surface area contributed by atoms with Gasteiger partial charge < -0.3 is 9.47 Å². The lowest BCUT2D eigenvalue weighted by Crippen LogP contribution is -2.43. The van der Waals surface area contributed by atoms with E-state index in [4.69, 9.17) is 14.6 Å². The van der Waals surface area contributed by atoms with Crippen molar-refractivity contribution in [3.05, 3.63) is 64.7 Å². The lowest BCUT2D eigenvalue weighted by molar-refractivity contribution is -0.149. The van der Waals surface area contributed by atoms with Crippen LogP contribution in [-0.4, -0.2) is 60.8 Å². The number of likely N-dealkylation sites (tertiary alicyclic amines) is 1. The number of amides is 1. The number of carbonyl (C=O) groups excluding carboxylic acids is 2. The average Bonchev–Trinajstić information content (AvgIpc) is 3.31. The number of hydrogen-bond acceptors (Lipinski definition) is 6. The molecule has 0 aromatic heterocycles. The van der Waals surface area contributed by atoms with Gasteiger partial charge in [-0.1, -0.05) is 23.8 Å². The predicted octanol–water partition coefficient (Wildman–Crippen LogP) is 4.26. The highest BCUT2D eigenvalue weighted by Gasteiger charge is 2.35. The van der Waals surface area contributed by atoms with Gasteiger partial charge in [0, 0.05) is 6.42 Å². The van der Waals surface area contributed by atoms with Crippen molar-refractivity contribution in [2.75, 3.05) is 33.4 Å². The molecule has 1 amide bonds. The number of ether oxygens (including phenoxy) is 2. The summed E-state index contributed by atoms with van der Waals surface area (Å²) in [6.45, 7) is 8.08. The fourth-order valence-electron chi connectivity index (χ4n) is 4.91. The lowest BCUT2D eigenvalue weighted by Gasteiger charge is -2.32. The number of aryl methyl sites for hydroxylation is 2. The molecule has 2 aromatic rings. The van der Waals surface area contributed by atoms with E-state index in [1.807, 2.05) is 31.2 Å². The van der Waals surface area contributed by atoms with Crippen molar-refractivity contribution in [3.63, 3.8) is 0 Å². The lowest BCUT2D eigenvalue weighted by atomic mass is 9.93. The van der Waals surface area contributed by atoms with E-state index in [1.165, 1.54) is 0 Å². The molecule has 2 heterocycles. The zero-order chi connectivity index (χ0) is 24.9. The molecule has 0 radical (unpaired) electrons. The molecule has 0 spiro atoms. The van der Waals surface area contributed by atoms with Crippen molar-refractivity contribution in [1.29, 1.82) is 0 Å². The molecule has 0 unspecified atom stereocenters. The first kappa shape index (κ1) is 24.9. The molecular weight excluding hydrogens is 442 g/mol. The first-order valence-electron chi connectivity index (χ1n) is 12.4. The largest absolute Gasteiger partial charge is 0.497 e. The third kappa shape index (κ3) is 5.73. The molecule has 0 N–H and O–H groups in total. The van der Waals surface area contributed by atoms with Crippen LogP contribution in [0.2, 0.25) is 0 Å². The summed E-state index contributed by atoms with van der Waals surface area (Å²) in [7, 11) is 1.65. The molecular formula is C28H35N3O4. The third-order valence-corrected chi connectivity index (χ3v) is 6.95. The first-order valence-corrected chi connectivity index (χ1v) is 12.4. The summed E-state index contributed by atoms with van der Waals surface area (Å²) in [5.74, 6) is 0.573. The van der Waals surface area contributed by atoms with Crippen molar-refractivity contribution in [2.45, 2.75) is 46.1 Å². The Morgan fingerprint density at radius 2 is 1.77 bits per heavy atom. The molecule has 1 saturated heterocycles. The van der Waals surface area contributed by atoms with Crippen LogP contribution in [0.5, 0.6) is 5.75 Å². The second-order valence-electron chi connectivity index (χ2n) is 9.40. The van der Waals surface area contributed by atoms with Gasteiger partial charge in [0.15, 0.2) is 0 Å². The summed E-state index contributed by atoms with van der Waals surface area (Å²) in [6.07, 6.45) is 2.09. The number of esters is 1. The Bertz CT molecular complexity index is 1090. The molecule has 7 heteroatoms. The smallest absolute Gasteiger partial charge is 0.309 e. The minimum absolute atomic E-state index is 0.0194. The van der Waals surface area contributed by atoms with Gasteiger partial charge in [0.1, 0.15) is 5.75 Å². The van der Waals surface area contributed by atoms with Gasteiger partial charge in [-0.05, 0) is 87.7 Å². The predicted molar refractivity (Wildman–Crippen MR) is 135 cm³/mol. The van der Waals surface area contributed by atoms with E-state index < -0.39 is 0 Å². The zero-order valence-corrected chi connectivity index (χ0v) is 21.1. The van der Waals surface area contributed by atoms with Crippen molar-refractivity contribution in [2.24, 2.45) is 11.0 Å². The molecule has 2 aliphatic rings. The summed E-state index contributed by atoms with van der Waals surface area (Å²) in [4.78, 5) is 27.7. The van der Waals surface area contributed by atoms with Crippen molar-refractivity contribution in [3.8, 4) is 5.75 Å². The summed E-state index contributed by atoms with van der Waals surface area (Å²) < 4.78 is 10.5. The van der Waals surface area contributed by atoms with Crippen LogP contribution >= 0.6 is 0 Å². The van der Waals surface area contributed by atoms with E-state index in [-0.39, 0.29) is 30.4 Å². The minimum Gasteiger partial charge on any atom is -0.497 e. The van der Waals surface area contributed by atoms with Crippen LogP contribution in [0.15, 0.2) is 47.6 Å². The second kappa shape index (κ2) is 11.0. The summed E-state index contributed by atoms with van der Waals surface area (Å²) in [5.41, 5.74) is 5.34. The number of methoxy groups -OCH3 is 1. The maximum Gasteiger partial charge on any atom is 0.309 e. The van der Waals surface area contributed by atoms with Crippen molar-refractivity contribution in [1.82, 2.24) is 9.91 Å². The average molecular weight is 478 g/mol. The van der Waals surface area contributed by atoms with E-state index in [2.05, 4.69) is 36.9 Å². The molecule has 4 rings (SSSR count). The van der Waals surface area contributed by atoms with Crippen LogP contribution in [-0.2, 0) is 14.3 Å². The van der Waals surface area contributed by atoms with Gasteiger partial charge in [0.25, 0.3) is 5.91 Å². The molecule has 0 aliphatic carbocycles. The third-order valence-electron chi connectivity index (χ3n) is 6.95.